The lowest BCUT2D eigenvalue weighted by atomic mass is 9.92. The number of ether oxygens (including phenoxy) is 1. The van der Waals surface area contributed by atoms with Crippen LogP contribution in [0.4, 0.5) is 4.79 Å². The zero-order valence-electron chi connectivity index (χ0n) is 11.5. The van der Waals surface area contributed by atoms with E-state index in [2.05, 4.69) is 15.4 Å². The van der Waals surface area contributed by atoms with E-state index in [4.69, 9.17) is 4.74 Å². The molecule has 8 heteroatoms. The molecule has 0 radical (unpaired) electrons. The number of nitrogens with zero attached hydrogens (tertiary/aromatic N) is 4. The quantitative estimate of drug-likeness (QED) is 0.833. The molecule has 2 fully saturated rings. The van der Waals surface area contributed by atoms with Gasteiger partial charge in [-0.15, -0.1) is 0 Å². The van der Waals surface area contributed by atoms with Crippen LogP contribution < -0.4 is 0 Å². The lowest BCUT2D eigenvalue weighted by Crippen LogP contribution is -2.62. The number of nitrogens with one attached hydrogen (secondary N) is 1. The van der Waals surface area contributed by atoms with Gasteiger partial charge in [-0.05, 0) is 13.3 Å². The number of carbonyl (C=O) groups excluding carboxylic acids is 2. The molecule has 108 valence electrons. The van der Waals surface area contributed by atoms with Crippen molar-refractivity contribution in [1.29, 1.82) is 0 Å². The van der Waals surface area contributed by atoms with Gasteiger partial charge in [0.05, 0.1) is 11.2 Å². The molecule has 2 aliphatic heterocycles. The normalized spacial score (nSPS) is 25.6. The molecule has 3 rings (SSSR count). The third-order valence-corrected chi connectivity index (χ3v) is 4.21. The molecule has 1 atom stereocenters. The first-order valence-corrected chi connectivity index (χ1v) is 6.68. The van der Waals surface area contributed by atoms with E-state index in [9.17, 15) is 9.59 Å². The Morgan fingerprint density at radius 1 is 1.45 bits per heavy atom. The molecule has 1 N–H and O–H groups in total. The van der Waals surface area contributed by atoms with Crippen molar-refractivity contribution in [3.8, 4) is 0 Å². The second-order valence-electron chi connectivity index (χ2n) is 5.27. The Balaban J connectivity index is 1.83. The highest BCUT2D eigenvalue weighted by Gasteiger charge is 2.50. The van der Waals surface area contributed by atoms with Gasteiger partial charge in [0.25, 0.3) is 5.91 Å². The van der Waals surface area contributed by atoms with Crippen molar-refractivity contribution in [2.75, 3.05) is 26.2 Å². The van der Waals surface area contributed by atoms with Crippen LogP contribution in [-0.2, 0) is 4.74 Å². The van der Waals surface area contributed by atoms with Crippen LogP contribution in [0.15, 0.2) is 0 Å². The fraction of sp³-hybridized carbons (Fsp3) is 0.667. The highest BCUT2D eigenvalue weighted by atomic mass is 16.6. The first-order valence-electron chi connectivity index (χ1n) is 6.68. The molecule has 1 unspecified atom stereocenters. The van der Waals surface area contributed by atoms with Crippen LogP contribution in [0.3, 0.4) is 0 Å². The molecule has 0 bridgehead atoms. The van der Waals surface area contributed by atoms with E-state index in [1.54, 1.807) is 16.7 Å². The summed E-state index contributed by atoms with van der Waals surface area (Å²) in [5.74, 6) is -0.150. The van der Waals surface area contributed by atoms with Crippen LogP contribution in [0.25, 0.3) is 0 Å². The van der Waals surface area contributed by atoms with E-state index < -0.39 is 5.54 Å². The Labute approximate surface area is 116 Å². The summed E-state index contributed by atoms with van der Waals surface area (Å²) in [7, 11) is 0. The summed E-state index contributed by atoms with van der Waals surface area (Å²) in [6.07, 6.45) is 0.469. The van der Waals surface area contributed by atoms with Gasteiger partial charge in [-0.3, -0.25) is 9.69 Å². The molecule has 8 nitrogen and oxygen atoms in total. The largest absolute Gasteiger partial charge is 0.447 e. The molecular formula is C12H17N5O3. The summed E-state index contributed by atoms with van der Waals surface area (Å²) in [4.78, 5) is 27.6. The number of amides is 2. The minimum atomic E-state index is -0.400. The van der Waals surface area contributed by atoms with Gasteiger partial charge in [0.2, 0.25) is 0 Å². The zero-order valence-corrected chi connectivity index (χ0v) is 11.5. The van der Waals surface area contributed by atoms with E-state index in [0.29, 0.717) is 37.6 Å². The van der Waals surface area contributed by atoms with Gasteiger partial charge in [-0.2, -0.15) is 15.4 Å². The van der Waals surface area contributed by atoms with Gasteiger partial charge in [0.1, 0.15) is 6.61 Å². The number of aromatic nitrogens is 3. The summed E-state index contributed by atoms with van der Waals surface area (Å²) in [6, 6.07) is 0. The molecular weight excluding hydrogens is 262 g/mol. The van der Waals surface area contributed by atoms with Crippen LogP contribution in [0.1, 0.15) is 29.5 Å². The SMILES string of the molecule is CCC12COC(=O)N1CCN(C(=O)c1n[nH]nc1C)C2. The topological polar surface area (TPSA) is 91.4 Å². The van der Waals surface area contributed by atoms with Crippen molar-refractivity contribution in [2.45, 2.75) is 25.8 Å². The predicted molar refractivity (Wildman–Crippen MR) is 68.1 cm³/mol. The molecule has 2 aliphatic rings. The van der Waals surface area contributed by atoms with Gasteiger partial charge >= 0.3 is 6.09 Å². The number of aryl methyl sites for hydroxylation is 1. The highest BCUT2D eigenvalue weighted by molar-refractivity contribution is 5.93. The smallest absolute Gasteiger partial charge is 0.410 e. The average Bonchev–Trinajstić information content (AvgIpc) is 3.03. The van der Waals surface area contributed by atoms with Crippen molar-refractivity contribution in [2.24, 2.45) is 0 Å². The zero-order chi connectivity index (χ0) is 14.3. The van der Waals surface area contributed by atoms with Crippen molar-refractivity contribution in [3.05, 3.63) is 11.4 Å². The van der Waals surface area contributed by atoms with Crippen LogP contribution in [0, 0.1) is 6.92 Å². The van der Waals surface area contributed by atoms with Crippen molar-refractivity contribution in [1.82, 2.24) is 25.2 Å². The van der Waals surface area contributed by atoms with E-state index in [1.807, 2.05) is 6.92 Å². The number of aromatic amines is 1. The maximum atomic E-state index is 12.5. The highest BCUT2D eigenvalue weighted by Crippen LogP contribution is 2.32. The van der Waals surface area contributed by atoms with Crippen LogP contribution in [-0.4, -0.2) is 69.0 Å². The first-order chi connectivity index (χ1) is 9.57. The Kier molecular flexibility index (Phi) is 2.88. The number of hydrogen-bond acceptors (Lipinski definition) is 5. The number of piperazine rings is 1. The number of cyclic esters (lactones) is 1. The van der Waals surface area contributed by atoms with E-state index in [-0.39, 0.29) is 12.0 Å². The number of H-pyrrole nitrogens is 1. The van der Waals surface area contributed by atoms with Gasteiger partial charge in [0, 0.05) is 19.6 Å². The van der Waals surface area contributed by atoms with Crippen molar-refractivity contribution >= 4 is 12.0 Å². The number of fused-ring (bicyclic) bond motifs is 1. The monoisotopic (exact) mass is 279 g/mol. The molecule has 0 aromatic carbocycles. The Hall–Kier alpha value is -2.12. The standard InChI is InChI=1S/C12H17N5O3/c1-3-12-6-16(4-5-17(12)11(19)20-7-12)10(18)9-8(2)13-15-14-9/h3-7H2,1-2H3,(H,13,14,15). The minimum Gasteiger partial charge on any atom is -0.447 e. The van der Waals surface area contributed by atoms with Gasteiger partial charge in [0.15, 0.2) is 5.69 Å². The van der Waals surface area contributed by atoms with Gasteiger partial charge in [-0.25, -0.2) is 4.79 Å². The first kappa shape index (κ1) is 12.9. The summed E-state index contributed by atoms with van der Waals surface area (Å²) < 4.78 is 5.15. The number of hydrogen-bond donors (Lipinski definition) is 1. The minimum absolute atomic E-state index is 0.150. The third-order valence-electron chi connectivity index (χ3n) is 4.21. The van der Waals surface area contributed by atoms with Crippen LogP contribution in [0.2, 0.25) is 0 Å². The van der Waals surface area contributed by atoms with Crippen LogP contribution in [0.5, 0.6) is 0 Å². The fourth-order valence-electron chi connectivity index (χ4n) is 2.87. The predicted octanol–water partition coefficient (Wildman–Crippen LogP) is 0.170. The third kappa shape index (κ3) is 1.75. The molecule has 0 aliphatic carbocycles. The summed E-state index contributed by atoms with van der Waals surface area (Å²) in [6.45, 7) is 5.54. The second kappa shape index (κ2) is 4.46. The molecule has 20 heavy (non-hydrogen) atoms. The molecule has 0 spiro atoms. The molecule has 3 heterocycles. The Bertz CT molecular complexity index is 557. The molecule has 1 aromatic heterocycles. The Morgan fingerprint density at radius 3 is 2.90 bits per heavy atom. The van der Waals surface area contributed by atoms with E-state index in [0.717, 1.165) is 6.42 Å². The van der Waals surface area contributed by atoms with Crippen molar-refractivity contribution < 1.29 is 14.3 Å². The fourth-order valence-corrected chi connectivity index (χ4v) is 2.87. The van der Waals surface area contributed by atoms with Gasteiger partial charge < -0.3 is 9.64 Å². The summed E-state index contributed by atoms with van der Waals surface area (Å²) in [5.41, 5.74) is 0.527. The summed E-state index contributed by atoms with van der Waals surface area (Å²) >= 11 is 0. The van der Waals surface area contributed by atoms with E-state index in [1.165, 1.54) is 0 Å². The molecule has 1 aromatic rings. The maximum absolute atomic E-state index is 12.5. The number of rotatable bonds is 2. The molecule has 2 saturated heterocycles. The Morgan fingerprint density at radius 2 is 2.25 bits per heavy atom. The molecule has 0 saturated carbocycles. The lowest BCUT2D eigenvalue weighted by molar-refractivity contribution is 0.0356. The van der Waals surface area contributed by atoms with Crippen molar-refractivity contribution in [3.63, 3.8) is 0 Å². The lowest BCUT2D eigenvalue weighted by Gasteiger charge is -2.44. The van der Waals surface area contributed by atoms with E-state index >= 15 is 0 Å². The van der Waals surface area contributed by atoms with Crippen LogP contribution >= 0.6 is 0 Å². The number of carbonyl (C=O) groups is 2. The second-order valence-corrected chi connectivity index (χ2v) is 5.27. The summed E-state index contributed by atoms with van der Waals surface area (Å²) in [5, 5.41) is 10.2. The average molecular weight is 279 g/mol. The molecule has 2 amide bonds. The maximum Gasteiger partial charge on any atom is 0.410 e. The van der Waals surface area contributed by atoms with Gasteiger partial charge in [-0.1, -0.05) is 6.92 Å².